The molecule has 3 rings (SSSR count). The number of halogens is 1. The summed E-state index contributed by atoms with van der Waals surface area (Å²) in [7, 11) is 0. The molecule has 1 heterocycles. The number of hydrogen-bond acceptors (Lipinski definition) is 2. The Morgan fingerprint density at radius 3 is 2.89 bits per heavy atom. The largest absolute Gasteiger partial charge is 0.349 e. The van der Waals surface area contributed by atoms with Crippen molar-refractivity contribution in [3.8, 4) is 0 Å². The van der Waals surface area contributed by atoms with Gasteiger partial charge in [0.15, 0.2) is 0 Å². The van der Waals surface area contributed by atoms with Gasteiger partial charge in [-0.15, -0.1) is 0 Å². The number of nitrogens with one attached hydrogen (secondary N) is 1. The summed E-state index contributed by atoms with van der Waals surface area (Å²) < 4.78 is 0.840. The fourth-order valence-electron chi connectivity index (χ4n) is 3.84. The number of carbonyl (C=O) groups excluding carboxylic acids is 1. The van der Waals surface area contributed by atoms with Crippen LogP contribution in [0.1, 0.15) is 43.0 Å². The average Bonchev–Trinajstić information content (AvgIpc) is 3.00. The summed E-state index contributed by atoms with van der Waals surface area (Å²) in [6, 6.07) is 2.08. The molecule has 102 valence electrons. The smallest absolute Gasteiger partial charge is 0.253 e. The van der Waals surface area contributed by atoms with Crippen LogP contribution in [-0.2, 0) is 0 Å². The fourth-order valence-corrected chi connectivity index (χ4v) is 4.20. The third-order valence-electron chi connectivity index (χ3n) is 4.76. The van der Waals surface area contributed by atoms with Crippen LogP contribution in [0.3, 0.4) is 0 Å². The number of hydrogen-bond donors (Lipinski definition) is 1. The summed E-state index contributed by atoms with van der Waals surface area (Å²) in [6.45, 7) is 2.15. The zero-order valence-corrected chi connectivity index (χ0v) is 12.7. The molecule has 2 fully saturated rings. The third kappa shape index (κ3) is 2.69. The first-order chi connectivity index (χ1) is 9.13. The van der Waals surface area contributed by atoms with E-state index in [1.807, 2.05) is 6.07 Å². The Balaban J connectivity index is 1.63. The first-order valence-corrected chi connectivity index (χ1v) is 7.84. The van der Waals surface area contributed by atoms with Crippen LogP contribution in [-0.4, -0.2) is 16.9 Å². The van der Waals surface area contributed by atoms with Crippen molar-refractivity contribution in [1.82, 2.24) is 10.3 Å². The van der Waals surface area contributed by atoms with Crippen LogP contribution in [0.5, 0.6) is 0 Å². The predicted molar refractivity (Wildman–Crippen MR) is 77.8 cm³/mol. The first-order valence-electron chi connectivity index (χ1n) is 7.05. The second-order valence-electron chi connectivity index (χ2n) is 5.99. The summed E-state index contributed by atoms with van der Waals surface area (Å²) in [5.41, 5.74) is 0.629. The molecule has 0 aromatic carbocycles. The molecule has 2 aliphatic carbocycles. The van der Waals surface area contributed by atoms with Gasteiger partial charge < -0.3 is 5.32 Å². The van der Waals surface area contributed by atoms with E-state index in [1.54, 1.807) is 12.4 Å². The van der Waals surface area contributed by atoms with Crippen molar-refractivity contribution in [3.05, 3.63) is 28.5 Å². The lowest BCUT2D eigenvalue weighted by atomic mass is 9.84. The van der Waals surface area contributed by atoms with Crippen LogP contribution in [0, 0.1) is 17.8 Å². The van der Waals surface area contributed by atoms with Crippen molar-refractivity contribution >= 4 is 21.8 Å². The summed E-state index contributed by atoms with van der Waals surface area (Å²) in [5.74, 6) is 2.41. The van der Waals surface area contributed by atoms with Crippen molar-refractivity contribution in [2.45, 2.75) is 38.6 Å². The van der Waals surface area contributed by atoms with E-state index in [1.165, 1.54) is 25.7 Å². The van der Waals surface area contributed by atoms with Crippen LogP contribution < -0.4 is 5.32 Å². The van der Waals surface area contributed by atoms with Crippen LogP contribution in [0.25, 0.3) is 0 Å². The number of rotatable bonds is 3. The molecule has 2 saturated carbocycles. The highest BCUT2D eigenvalue weighted by Gasteiger charge is 2.42. The van der Waals surface area contributed by atoms with Crippen LogP contribution in [0.2, 0.25) is 0 Å². The molecular formula is C15H19BrN2O. The monoisotopic (exact) mass is 322 g/mol. The average molecular weight is 323 g/mol. The van der Waals surface area contributed by atoms with Crippen molar-refractivity contribution in [3.63, 3.8) is 0 Å². The maximum atomic E-state index is 12.2. The van der Waals surface area contributed by atoms with E-state index in [-0.39, 0.29) is 11.9 Å². The van der Waals surface area contributed by atoms with E-state index in [9.17, 15) is 4.79 Å². The van der Waals surface area contributed by atoms with E-state index < -0.39 is 0 Å². The van der Waals surface area contributed by atoms with Crippen molar-refractivity contribution in [2.24, 2.45) is 17.8 Å². The molecule has 0 aliphatic heterocycles. The summed E-state index contributed by atoms with van der Waals surface area (Å²) in [6.07, 6.45) is 8.74. The molecule has 0 saturated heterocycles. The Hall–Kier alpha value is -0.900. The Bertz CT molecular complexity index is 491. The van der Waals surface area contributed by atoms with E-state index in [2.05, 4.69) is 33.2 Å². The lowest BCUT2D eigenvalue weighted by Gasteiger charge is -2.28. The van der Waals surface area contributed by atoms with Gasteiger partial charge in [-0.3, -0.25) is 9.78 Å². The Morgan fingerprint density at radius 2 is 2.26 bits per heavy atom. The summed E-state index contributed by atoms with van der Waals surface area (Å²) >= 11 is 3.35. The molecule has 0 unspecified atom stereocenters. The quantitative estimate of drug-likeness (QED) is 0.926. The van der Waals surface area contributed by atoms with E-state index in [0.717, 1.165) is 16.3 Å². The lowest BCUT2D eigenvalue weighted by molar-refractivity contribution is 0.0915. The number of fused-ring (bicyclic) bond motifs is 2. The predicted octanol–water partition coefficient (Wildman–Crippen LogP) is 3.40. The van der Waals surface area contributed by atoms with Gasteiger partial charge in [-0.2, -0.15) is 0 Å². The van der Waals surface area contributed by atoms with Gasteiger partial charge in [-0.25, -0.2) is 0 Å². The van der Waals surface area contributed by atoms with E-state index in [4.69, 9.17) is 0 Å². The van der Waals surface area contributed by atoms with Gasteiger partial charge in [-0.05, 0) is 65.9 Å². The molecule has 4 heteroatoms. The van der Waals surface area contributed by atoms with Gasteiger partial charge >= 0.3 is 0 Å². The minimum Gasteiger partial charge on any atom is -0.349 e. The van der Waals surface area contributed by atoms with Crippen LogP contribution in [0.4, 0.5) is 0 Å². The molecule has 0 radical (unpaired) electrons. The summed E-state index contributed by atoms with van der Waals surface area (Å²) in [5, 5.41) is 3.15. The molecule has 4 atom stereocenters. The number of pyridine rings is 1. The Kier molecular flexibility index (Phi) is 3.61. The molecule has 2 bridgehead atoms. The van der Waals surface area contributed by atoms with Crippen molar-refractivity contribution in [1.29, 1.82) is 0 Å². The number of amides is 1. The first kappa shape index (κ1) is 13.1. The number of carbonyl (C=O) groups is 1. The zero-order valence-electron chi connectivity index (χ0n) is 11.1. The Labute approximate surface area is 122 Å². The highest BCUT2D eigenvalue weighted by atomic mass is 79.9. The Morgan fingerprint density at radius 1 is 1.42 bits per heavy atom. The van der Waals surface area contributed by atoms with E-state index >= 15 is 0 Å². The molecule has 3 nitrogen and oxygen atoms in total. The molecular weight excluding hydrogens is 304 g/mol. The van der Waals surface area contributed by atoms with Gasteiger partial charge in [0.25, 0.3) is 5.91 Å². The van der Waals surface area contributed by atoms with Gasteiger partial charge in [0, 0.05) is 22.9 Å². The summed E-state index contributed by atoms with van der Waals surface area (Å²) in [4.78, 5) is 16.2. The molecule has 0 spiro atoms. The standard InChI is InChI=1S/C15H19BrN2O/c1-9(14-5-10-2-3-11(14)4-10)18-15(19)12-6-13(16)8-17-7-12/h6-11,14H,2-5H2,1H3,(H,18,19)/t9-,10+,11+,14-/m0/s1. The molecule has 1 aromatic rings. The second kappa shape index (κ2) is 5.23. The van der Waals surface area contributed by atoms with Gasteiger partial charge in [0.05, 0.1) is 5.56 Å². The maximum Gasteiger partial charge on any atom is 0.253 e. The van der Waals surface area contributed by atoms with Crippen LogP contribution in [0.15, 0.2) is 22.9 Å². The minimum atomic E-state index is -0.0101. The fraction of sp³-hybridized carbons (Fsp3) is 0.600. The minimum absolute atomic E-state index is 0.0101. The van der Waals surface area contributed by atoms with Crippen molar-refractivity contribution in [2.75, 3.05) is 0 Å². The SMILES string of the molecule is C[C@H](NC(=O)c1cncc(Br)c1)[C@@H]1C[C@@H]2CC[C@@H]1C2. The lowest BCUT2D eigenvalue weighted by Crippen LogP contribution is -2.40. The van der Waals surface area contributed by atoms with Crippen LogP contribution >= 0.6 is 15.9 Å². The van der Waals surface area contributed by atoms with Gasteiger partial charge in [0.2, 0.25) is 0 Å². The van der Waals surface area contributed by atoms with Gasteiger partial charge in [-0.1, -0.05) is 6.42 Å². The third-order valence-corrected chi connectivity index (χ3v) is 5.19. The highest BCUT2D eigenvalue weighted by molar-refractivity contribution is 9.10. The normalized spacial score (nSPS) is 30.3. The van der Waals surface area contributed by atoms with E-state index in [0.29, 0.717) is 11.5 Å². The van der Waals surface area contributed by atoms with Gasteiger partial charge in [0.1, 0.15) is 0 Å². The van der Waals surface area contributed by atoms with Crippen molar-refractivity contribution < 1.29 is 4.79 Å². The number of nitrogens with zero attached hydrogens (tertiary/aromatic N) is 1. The highest BCUT2D eigenvalue weighted by Crippen LogP contribution is 2.49. The second-order valence-corrected chi connectivity index (χ2v) is 6.91. The molecule has 19 heavy (non-hydrogen) atoms. The molecule has 1 N–H and O–H groups in total. The molecule has 1 amide bonds. The topological polar surface area (TPSA) is 42.0 Å². The maximum absolute atomic E-state index is 12.2. The molecule has 1 aromatic heterocycles. The zero-order chi connectivity index (χ0) is 13.4. The number of aromatic nitrogens is 1. The molecule has 2 aliphatic rings.